The van der Waals surface area contributed by atoms with E-state index in [2.05, 4.69) is 15.2 Å². The third kappa shape index (κ3) is 2.58. The van der Waals surface area contributed by atoms with Crippen LogP contribution in [-0.4, -0.2) is 20.1 Å². The van der Waals surface area contributed by atoms with E-state index in [0.29, 0.717) is 16.0 Å². The van der Waals surface area contributed by atoms with Gasteiger partial charge in [-0.3, -0.25) is 15.2 Å². The Labute approximate surface area is 111 Å². The molecular weight excluding hydrogens is 271 g/mol. The first-order chi connectivity index (χ1) is 9.13. The summed E-state index contributed by atoms with van der Waals surface area (Å²) in [5.74, 6) is 0.613. The molecule has 0 amide bonds. The van der Waals surface area contributed by atoms with E-state index in [-0.39, 0.29) is 5.69 Å². The van der Waals surface area contributed by atoms with E-state index in [1.807, 2.05) is 0 Å². The highest BCUT2D eigenvalue weighted by Crippen LogP contribution is 2.39. The number of nitro groups is 1. The highest BCUT2D eigenvalue weighted by Gasteiger charge is 2.27. The van der Waals surface area contributed by atoms with Gasteiger partial charge in [0.05, 0.1) is 15.9 Å². The lowest BCUT2D eigenvalue weighted by Crippen LogP contribution is -1.92. The molecule has 2 aromatic rings. The van der Waals surface area contributed by atoms with Crippen molar-refractivity contribution >= 4 is 17.4 Å². The molecule has 3 rings (SSSR count). The number of aromatic amines is 1. The number of hydrogen-bond acceptors (Lipinski definition) is 5. The van der Waals surface area contributed by atoms with E-state index < -0.39 is 10.7 Å². The standard InChI is InChI=1S/C11H9FN4O2S/c12-7-3-4-9(8(5-7)16(17)18)19-11-13-10(14-15-11)6-1-2-6/h3-6H,1-2H2,(H,13,14,15). The Hall–Kier alpha value is -1.96. The summed E-state index contributed by atoms with van der Waals surface area (Å²) >= 11 is 1.06. The van der Waals surface area contributed by atoms with Crippen LogP contribution in [0.3, 0.4) is 0 Å². The minimum absolute atomic E-state index is 0.275. The number of aromatic nitrogens is 3. The van der Waals surface area contributed by atoms with Crippen molar-refractivity contribution in [1.29, 1.82) is 0 Å². The lowest BCUT2D eigenvalue weighted by atomic mass is 10.3. The second-order valence-corrected chi connectivity index (χ2v) is 5.26. The van der Waals surface area contributed by atoms with Crippen molar-refractivity contribution in [2.24, 2.45) is 0 Å². The Kier molecular flexibility index (Phi) is 2.94. The Bertz CT molecular complexity index is 641. The predicted octanol–water partition coefficient (Wildman–Crippen LogP) is 2.88. The quantitative estimate of drug-likeness (QED) is 0.687. The van der Waals surface area contributed by atoms with Gasteiger partial charge in [0.15, 0.2) is 0 Å². The zero-order valence-electron chi connectivity index (χ0n) is 9.67. The van der Waals surface area contributed by atoms with Gasteiger partial charge in [-0.25, -0.2) is 9.37 Å². The average molecular weight is 280 g/mol. The molecule has 0 bridgehead atoms. The zero-order chi connectivity index (χ0) is 13.4. The molecule has 19 heavy (non-hydrogen) atoms. The second kappa shape index (κ2) is 4.61. The van der Waals surface area contributed by atoms with Crippen molar-refractivity contribution in [3.05, 3.63) is 40.0 Å². The lowest BCUT2D eigenvalue weighted by Gasteiger charge is -1.99. The van der Waals surface area contributed by atoms with Crippen molar-refractivity contribution in [3.63, 3.8) is 0 Å². The van der Waals surface area contributed by atoms with Crippen LogP contribution in [0.2, 0.25) is 0 Å². The van der Waals surface area contributed by atoms with E-state index in [0.717, 1.165) is 36.5 Å². The number of nitrogens with one attached hydrogen (secondary N) is 1. The maximum atomic E-state index is 13.0. The summed E-state index contributed by atoms with van der Waals surface area (Å²) in [7, 11) is 0. The van der Waals surface area contributed by atoms with Crippen LogP contribution in [-0.2, 0) is 0 Å². The molecule has 1 aliphatic rings. The van der Waals surface area contributed by atoms with Crippen LogP contribution < -0.4 is 0 Å². The molecule has 1 N–H and O–H groups in total. The first-order valence-electron chi connectivity index (χ1n) is 5.67. The molecule has 0 saturated heterocycles. The predicted molar refractivity (Wildman–Crippen MR) is 65.5 cm³/mol. The summed E-state index contributed by atoms with van der Waals surface area (Å²) in [6, 6.07) is 3.45. The van der Waals surface area contributed by atoms with Crippen molar-refractivity contribution in [1.82, 2.24) is 15.2 Å². The average Bonchev–Trinajstić information content (AvgIpc) is 3.12. The molecule has 0 atom stereocenters. The smallest absolute Gasteiger partial charge is 0.262 e. The maximum absolute atomic E-state index is 13.0. The van der Waals surface area contributed by atoms with E-state index in [1.165, 1.54) is 12.1 Å². The molecule has 6 nitrogen and oxygen atoms in total. The van der Waals surface area contributed by atoms with Crippen LogP contribution in [0.4, 0.5) is 10.1 Å². The Morgan fingerprint density at radius 1 is 1.47 bits per heavy atom. The van der Waals surface area contributed by atoms with Crippen LogP contribution in [0.25, 0.3) is 0 Å². The molecule has 0 unspecified atom stereocenters. The number of hydrogen-bond donors (Lipinski definition) is 1. The maximum Gasteiger partial charge on any atom is 0.286 e. The minimum atomic E-state index is -0.635. The molecule has 1 saturated carbocycles. The third-order valence-electron chi connectivity index (χ3n) is 2.77. The summed E-state index contributed by atoms with van der Waals surface area (Å²) < 4.78 is 13.0. The van der Waals surface area contributed by atoms with Crippen molar-refractivity contribution < 1.29 is 9.31 Å². The first kappa shape index (κ1) is 12.1. The molecule has 1 aromatic carbocycles. The highest BCUT2D eigenvalue weighted by molar-refractivity contribution is 7.99. The molecule has 0 aliphatic heterocycles. The number of nitrogens with zero attached hydrogens (tertiary/aromatic N) is 3. The van der Waals surface area contributed by atoms with Crippen molar-refractivity contribution in [2.45, 2.75) is 28.8 Å². The monoisotopic (exact) mass is 280 g/mol. The highest BCUT2D eigenvalue weighted by atomic mass is 32.2. The number of halogens is 1. The van der Waals surface area contributed by atoms with Gasteiger partial charge in [0.2, 0.25) is 5.16 Å². The van der Waals surface area contributed by atoms with Gasteiger partial charge in [-0.2, -0.15) is 0 Å². The summed E-state index contributed by atoms with van der Waals surface area (Å²) in [4.78, 5) is 14.9. The number of benzene rings is 1. The van der Waals surface area contributed by atoms with Crippen LogP contribution in [0.5, 0.6) is 0 Å². The fourth-order valence-corrected chi connectivity index (χ4v) is 2.47. The van der Waals surface area contributed by atoms with E-state index in [4.69, 9.17) is 0 Å². The van der Waals surface area contributed by atoms with E-state index in [9.17, 15) is 14.5 Å². The Balaban J connectivity index is 1.87. The molecule has 98 valence electrons. The van der Waals surface area contributed by atoms with Gasteiger partial charge in [-0.1, -0.05) is 0 Å². The van der Waals surface area contributed by atoms with Crippen LogP contribution >= 0.6 is 11.8 Å². The number of nitro benzene ring substituents is 1. The van der Waals surface area contributed by atoms with Gasteiger partial charge in [-0.15, -0.1) is 5.10 Å². The number of H-pyrrole nitrogens is 1. The molecule has 8 heteroatoms. The third-order valence-corrected chi connectivity index (χ3v) is 3.70. The van der Waals surface area contributed by atoms with Gasteiger partial charge in [-0.05, 0) is 36.7 Å². The Morgan fingerprint density at radius 2 is 2.26 bits per heavy atom. The minimum Gasteiger partial charge on any atom is -0.262 e. The van der Waals surface area contributed by atoms with Gasteiger partial charge in [0, 0.05) is 5.92 Å². The van der Waals surface area contributed by atoms with Gasteiger partial charge >= 0.3 is 0 Å². The fourth-order valence-electron chi connectivity index (χ4n) is 1.66. The lowest BCUT2D eigenvalue weighted by molar-refractivity contribution is -0.387. The molecule has 1 aliphatic carbocycles. The summed E-state index contributed by atoms with van der Waals surface area (Å²) in [5.41, 5.74) is -0.275. The fraction of sp³-hybridized carbons (Fsp3) is 0.273. The van der Waals surface area contributed by atoms with Crippen LogP contribution in [0, 0.1) is 15.9 Å². The second-order valence-electron chi connectivity index (χ2n) is 4.25. The molecule has 1 heterocycles. The first-order valence-corrected chi connectivity index (χ1v) is 6.49. The van der Waals surface area contributed by atoms with Crippen LogP contribution in [0.15, 0.2) is 28.3 Å². The molecule has 0 radical (unpaired) electrons. The topological polar surface area (TPSA) is 84.7 Å². The van der Waals surface area contributed by atoms with Crippen LogP contribution in [0.1, 0.15) is 24.6 Å². The molecule has 1 aromatic heterocycles. The van der Waals surface area contributed by atoms with Gasteiger partial charge in [0.25, 0.3) is 5.69 Å². The van der Waals surface area contributed by atoms with Crippen molar-refractivity contribution in [2.75, 3.05) is 0 Å². The number of rotatable bonds is 4. The normalized spacial score (nSPS) is 14.6. The van der Waals surface area contributed by atoms with E-state index >= 15 is 0 Å². The zero-order valence-corrected chi connectivity index (χ0v) is 10.5. The van der Waals surface area contributed by atoms with Gasteiger partial charge < -0.3 is 0 Å². The largest absolute Gasteiger partial charge is 0.286 e. The summed E-state index contributed by atoms with van der Waals surface area (Å²) in [6.45, 7) is 0. The molecule has 1 fully saturated rings. The van der Waals surface area contributed by atoms with Crippen molar-refractivity contribution in [3.8, 4) is 0 Å². The van der Waals surface area contributed by atoms with Gasteiger partial charge in [0.1, 0.15) is 11.6 Å². The molecular formula is C11H9FN4O2S. The Morgan fingerprint density at radius 3 is 2.95 bits per heavy atom. The molecule has 0 spiro atoms. The SMILES string of the molecule is O=[N+]([O-])c1cc(F)ccc1Sc1n[nH]c(C2CC2)n1. The summed E-state index contributed by atoms with van der Waals surface area (Å²) in [6.07, 6.45) is 2.19. The van der Waals surface area contributed by atoms with E-state index in [1.54, 1.807) is 0 Å². The summed E-state index contributed by atoms with van der Waals surface area (Å²) in [5, 5.41) is 18.1.